The van der Waals surface area contributed by atoms with Crippen molar-refractivity contribution in [2.45, 2.75) is 44.6 Å². The number of likely N-dealkylation sites (tertiary alicyclic amines) is 1. The van der Waals surface area contributed by atoms with Crippen molar-refractivity contribution >= 4 is 17.7 Å². The molecule has 1 amide bonds. The molecule has 0 N–H and O–H groups in total. The van der Waals surface area contributed by atoms with Crippen LogP contribution in [-0.2, 0) is 14.9 Å². The van der Waals surface area contributed by atoms with Crippen LogP contribution in [0, 0.1) is 5.41 Å². The van der Waals surface area contributed by atoms with Gasteiger partial charge >= 0.3 is 6.09 Å². The molecular formula is C19H26ClNO3. The monoisotopic (exact) mass is 351 g/mol. The number of carbonyl (C=O) groups is 1. The fraction of sp³-hybridized carbons (Fsp3) is 0.632. The highest BCUT2D eigenvalue weighted by molar-refractivity contribution is 6.30. The highest BCUT2D eigenvalue weighted by Gasteiger charge is 2.70. The summed E-state index contributed by atoms with van der Waals surface area (Å²) >= 11 is 6.04. The number of nitrogens with zero attached hydrogens (tertiary/aromatic N) is 1. The number of hydrogen-bond donors (Lipinski definition) is 0. The first kappa shape index (κ1) is 17.6. The molecule has 0 bridgehead atoms. The van der Waals surface area contributed by atoms with E-state index in [9.17, 15) is 4.79 Å². The predicted molar refractivity (Wildman–Crippen MR) is 94.5 cm³/mol. The second-order valence-electron chi connectivity index (χ2n) is 8.13. The van der Waals surface area contributed by atoms with Crippen LogP contribution in [0.3, 0.4) is 0 Å². The SMILES string of the molecule is COC[C@]12CN(C(=O)OC(C)(C)C)CC[C@@]1(c1ccc(Cl)cc1)C2. The molecule has 1 aliphatic carbocycles. The van der Waals surface area contributed by atoms with Gasteiger partial charge in [0.2, 0.25) is 0 Å². The number of halogens is 1. The van der Waals surface area contributed by atoms with Crippen molar-refractivity contribution in [3.8, 4) is 0 Å². The summed E-state index contributed by atoms with van der Waals surface area (Å²) in [6.07, 6.45) is 1.74. The molecule has 1 aromatic carbocycles. The van der Waals surface area contributed by atoms with Gasteiger partial charge in [-0.05, 0) is 51.3 Å². The number of benzene rings is 1. The highest BCUT2D eigenvalue weighted by Crippen LogP contribution is 2.68. The quantitative estimate of drug-likeness (QED) is 0.816. The minimum atomic E-state index is -0.472. The van der Waals surface area contributed by atoms with Gasteiger partial charge in [-0.25, -0.2) is 4.79 Å². The maximum absolute atomic E-state index is 12.5. The highest BCUT2D eigenvalue weighted by atomic mass is 35.5. The van der Waals surface area contributed by atoms with Gasteiger partial charge in [0, 0.05) is 36.1 Å². The van der Waals surface area contributed by atoms with Gasteiger partial charge in [0.25, 0.3) is 0 Å². The van der Waals surface area contributed by atoms with E-state index in [2.05, 4.69) is 12.1 Å². The summed E-state index contributed by atoms with van der Waals surface area (Å²) < 4.78 is 11.1. The van der Waals surface area contributed by atoms with Crippen LogP contribution in [0.1, 0.15) is 39.2 Å². The number of hydrogen-bond acceptors (Lipinski definition) is 3. The number of piperidine rings is 1. The predicted octanol–water partition coefficient (Wildman–Crippen LogP) is 4.26. The molecule has 4 nitrogen and oxygen atoms in total. The zero-order valence-electron chi connectivity index (χ0n) is 14.9. The van der Waals surface area contributed by atoms with Crippen LogP contribution in [0.2, 0.25) is 5.02 Å². The Morgan fingerprint density at radius 2 is 1.96 bits per heavy atom. The third-order valence-electron chi connectivity index (χ3n) is 5.30. The van der Waals surface area contributed by atoms with Crippen LogP contribution in [0.5, 0.6) is 0 Å². The molecule has 0 unspecified atom stereocenters. The summed E-state index contributed by atoms with van der Waals surface area (Å²) in [5.41, 5.74) is 0.893. The Hall–Kier alpha value is -1.26. The van der Waals surface area contributed by atoms with Crippen LogP contribution in [0.4, 0.5) is 4.79 Å². The molecular weight excluding hydrogens is 326 g/mol. The van der Waals surface area contributed by atoms with Gasteiger partial charge < -0.3 is 14.4 Å². The molecule has 2 aliphatic rings. The van der Waals surface area contributed by atoms with Crippen LogP contribution < -0.4 is 0 Å². The topological polar surface area (TPSA) is 38.8 Å². The standard InChI is InChI=1S/C19H26ClNO3/c1-17(2,3)24-16(22)21-10-9-19(11-18(19,12-21)13-23-4)14-5-7-15(20)8-6-14/h5-8H,9-13H2,1-4H3/t18-,19-/m0/s1. The maximum atomic E-state index is 12.5. The third-order valence-corrected chi connectivity index (χ3v) is 5.55. The van der Waals surface area contributed by atoms with Crippen molar-refractivity contribution in [1.82, 2.24) is 4.90 Å². The van der Waals surface area contributed by atoms with E-state index in [1.54, 1.807) is 7.11 Å². The lowest BCUT2D eigenvalue weighted by molar-refractivity contribution is 0.00562. The second kappa shape index (κ2) is 5.92. The van der Waals surface area contributed by atoms with Crippen LogP contribution in [0.25, 0.3) is 0 Å². The van der Waals surface area contributed by atoms with Crippen molar-refractivity contribution in [3.63, 3.8) is 0 Å². The summed E-state index contributed by atoms with van der Waals surface area (Å²) in [6, 6.07) is 8.12. The molecule has 2 atom stereocenters. The molecule has 3 rings (SSSR count). The van der Waals surface area contributed by atoms with E-state index in [1.807, 2.05) is 37.8 Å². The first-order chi connectivity index (χ1) is 11.2. The van der Waals surface area contributed by atoms with E-state index in [4.69, 9.17) is 21.1 Å². The number of fused-ring (bicyclic) bond motifs is 1. The first-order valence-corrected chi connectivity index (χ1v) is 8.82. The van der Waals surface area contributed by atoms with Crippen LogP contribution in [-0.4, -0.2) is 43.4 Å². The Balaban J connectivity index is 1.80. The van der Waals surface area contributed by atoms with Gasteiger partial charge in [0.1, 0.15) is 5.60 Å². The summed E-state index contributed by atoms with van der Waals surface area (Å²) in [7, 11) is 1.73. The largest absolute Gasteiger partial charge is 0.444 e. The Bertz CT molecular complexity index is 624. The molecule has 0 aromatic heterocycles. The number of ether oxygens (including phenoxy) is 2. The number of amides is 1. The van der Waals surface area contributed by atoms with Gasteiger partial charge in [0.15, 0.2) is 0 Å². The molecule has 0 radical (unpaired) electrons. The summed E-state index contributed by atoms with van der Waals surface area (Å²) in [6.45, 7) is 7.73. The van der Waals surface area contributed by atoms with E-state index in [-0.39, 0.29) is 16.9 Å². The van der Waals surface area contributed by atoms with Gasteiger partial charge in [-0.3, -0.25) is 0 Å². The second-order valence-corrected chi connectivity index (χ2v) is 8.57. The third kappa shape index (κ3) is 3.02. The molecule has 24 heavy (non-hydrogen) atoms. The lowest BCUT2D eigenvalue weighted by Gasteiger charge is -2.38. The lowest BCUT2D eigenvalue weighted by atomic mass is 9.80. The zero-order chi connectivity index (χ0) is 17.6. The van der Waals surface area contributed by atoms with E-state index >= 15 is 0 Å². The number of methoxy groups -OCH3 is 1. The van der Waals surface area contributed by atoms with Crippen molar-refractivity contribution in [2.75, 3.05) is 26.8 Å². The van der Waals surface area contributed by atoms with E-state index in [0.29, 0.717) is 19.7 Å². The smallest absolute Gasteiger partial charge is 0.410 e. The Morgan fingerprint density at radius 1 is 1.29 bits per heavy atom. The zero-order valence-corrected chi connectivity index (χ0v) is 15.7. The minimum absolute atomic E-state index is 0.0231. The van der Waals surface area contributed by atoms with Crippen molar-refractivity contribution in [1.29, 1.82) is 0 Å². The van der Waals surface area contributed by atoms with Crippen molar-refractivity contribution in [3.05, 3.63) is 34.9 Å². The fourth-order valence-electron chi connectivity index (χ4n) is 4.18. The van der Waals surface area contributed by atoms with E-state index in [0.717, 1.165) is 17.9 Å². The molecule has 1 saturated carbocycles. The van der Waals surface area contributed by atoms with E-state index < -0.39 is 5.60 Å². The fourth-order valence-corrected chi connectivity index (χ4v) is 4.31. The maximum Gasteiger partial charge on any atom is 0.410 e. The molecule has 1 aromatic rings. The van der Waals surface area contributed by atoms with Crippen LogP contribution >= 0.6 is 11.6 Å². The average molecular weight is 352 g/mol. The molecule has 1 heterocycles. The average Bonchev–Trinajstić information content (AvgIpc) is 3.15. The number of rotatable bonds is 3. The summed E-state index contributed by atoms with van der Waals surface area (Å²) in [4.78, 5) is 14.3. The van der Waals surface area contributed by atoms with Gasteiger partial charge in [0.05, 0.1) is 6.61 Å². The van der Waals surface area contributed by atoms with Crippen LogP contribution in [0.15, 0.2) is 24.3 Å². The molecule has 1 saturated heterocycles. The molecule has 0 spiro atoms. The first-order valence-electron chi connectivity index (χ1n) is 8.44. The minimum Gasteiger partial charge on any atom is -0.444 e. The lowest BCUT2D eigenvalue weighted by Crippen LogP contribution is -2.48. The molecule has 2 fully saturated rings. The summed E-state index contributed by atoms with van der Waals surface area (Å²) in [5.74, 6) is 0. The molecule has 1 aliphatic heterocycles. The molecule has 132 valence electrons. The Labute approximate surface area is 149 Å². The Kier molecular flexibility index (Phi) is 4.33. The van der Waals surface area contributed by atoms with Gasteiger partial charge in [-0.15, -0.1) is 0 Å². The van der Waals surface area contributed by atoms with Crippen molar-refractivity contribution in [2.24, 2.45) is 5.41 Å². The van der Waals surface area contributed by atoms with E-state index in [1.165, 1.54) is 5.56 Å². The Morgan fingerprint density at radius 3 is 2.54 bits per heavy atom. The normalized spacial score (nSPS) is 29.1. The van der Waals surface area contributed by atoms with Gasteiger partial charge in [-0.1, -0.05) is 23.7 Å². The number of carbonyl (C=O) groups excluding carboxylic acids is 1. The summed E-state index contributed by atoms with van der Waals surface area (Å²) in [5, 5.41) is 0.749. The molecule has 5 heteroatoms. The van der Waals surface area contributed by atoms with Crippen molar-refractivity contribution < 1.29 is 14.3 Å². The van der Waals surface area contributed by atoms with Gasteiger partial charge in [-0.2, -0.15) is 0 Å².